The first-order chi connectivity index (χ1) is 32.5. The third-order valence-electron chi connectivity index (χ3n) is 15.1. The van der Waals surface area contributed by atoms with Gasteiger partial charge >= 0.3 is 0 Å². The van der Waals surface area contributed by atoms with Crippen LogP contribution in [-0.4, -0.2) is 47.3 Å². The number of benzene rings is 4. The van der Waals surface area contributed by atoms with Crippen LogP contribution in [0.5, 0.6) is 11.5 Å². The predicted octanol–water partition coefficient (Wildman–Crippen LogP) is 10.4. The van der Waals surface area contributed by atoms with E-state index >= 15 is 0 Å². The van der Waals surface area contributed by atoms with Crippen LogP contribution in [0, 0.1) is 36.0 Å². The molecule has 0 amide bonds. The molecule has 0 bridgehead atoms. The van der Waals surface area contributed by atoms with Crippen molar-refractivity contribution in [3.8, 4) is 35.7 Å². The van der Waals surface area contributed by atoms with Crippen LogP contribution in [-0.2, 0) is 46.8 Å². The van der Waals surface area contributed by atoms with Gasteiger partial charge in [-0.1, -0.05) is 102 Å². The number of aliphatic imine (C=N–C) groups is 2. The summed E-state index contributed by atoms with van der Waals surface area (Å²) in [4.78, 5) is 22.3. The first-order valence-electron chi connectivity index (χ1n) is 24.5. The average molecular weight is 964 g/mol. The molecule has 8 aliphatic rings. The largest absolute Gasteiger partial charge is 0.486 e. The van der Waals surface area contributed by atoms with Gasteiger partial charge in [-0.3, -0.25) is 0 Å². The lowest BCUT2D eigenvalue weighted by molar-refractivity contribution is -0.205. The minimum Gasteiger partial charge on any atom is -0.486 e. The van der Waals surface area contributed by atoms with Gasteiger partial charge in [-0.2, -0.15) is 0 Å². The van der Waals surface area contributed by atoms with Crippen molar-refractivity contribution >= 4 is 27.8 Å². The fourth-order valence-corrected chi connectivity index (χ4v) is 12.2. The fourth-order valence-electron chi connectivity index (χ4n) is 11.8. The van der Waals surface area contributed by atoms with Gasteiger partial charge in [-0.15, -0.1) is 12.3 Å². The minimum atomic E-state index is -0.878. The molecule has 0 radical (unpaired) electrons. The first-order valence-corrected chi connectivity index (χ1v) is 25.3. The van der Waals surface area contributed by atoms with E-state index in [-0.39, 0.29) is 11.2 Å². The van der Waals surface area contributed by atoms with Crippen molar-refractivity contribution in [1.82, 2.24) is 10.1 Å². The number of fused-ring (bicyclic) bond motifs is 6. The number of aryl methyl sites for hydroxylation is 2. The quantitative estimate of drug-likeness (QED) is 0.167. The molecule has 4 unspecified atom stereocenters. The number of ether oxygens (including phenoxy) is 2. The van der Waals surface area contributed by atoms with Crippen LogP contribution in [0.3, 0.4) is 0 Å². The standard InChI is InChI=1S/C28H31N3O2.C21H22BrN3O2.C7H10/c1-31-26(29)30-28(33-31)19-27(16-6-11-22-9-4-5-10-23(22)18-27)32-25-15-14-21(17-24(25)28)13-12-20-7-2-3-8-20;1-25-19(23)24-21(27-25)13-20(26-18-9-8-16(22)11-17(18)21)10-4-7-14-5-2-3-6-15(14)12-20;1-2-7-5-3-4-6-7/h4-5,9-10,14-15,17,20H,2-3,6-8,11,16,18-19H2,1H3,(H2,29,30);2-3,5-6,8-9,11H,4,7,10,12-13H2,1H3,(H2,23,24);1,7H,3-6H2. The van der Waals surface area contributed by atoms with Gasteiger partial charge in [0.2, 0.25) is 23.4 Å². The van der Waals surface area contributed by atoms with E-state index in [1.54, 1.807) is 17.2 Å². The number of nitrogens with two attached hydrogens (primary N) is 2. The topological polar surface area (TPSA) is 120 Å². The van der Waals surface area contributed by atoms with E-state index in [2.05, 4.69) is 100 Å². The van der Waals surface area contributed by atoms with Crippen molar-refractivity contribution in [3.05, 3.63) is 128 Å². The molecule has 67 heavy (non-hydrogen) atoms. The van der Waals surface area contributed by atoms with Gasteiger partial charge in [0, 0.05) is 61.7 Å². The van der Waals surface area contributed by atoms with E-state index in [1.165, 1.54) is 73.6 Å². The molecule has 4 N–H and O–H groups in total. The Morgan fingerprint density at radius 3 is 1.58 bits per heavy atom. The van der Waals surface area contributed by atoms with Crippen LogP contribution >= 0.6 is 15.9 Å². The number of rotatable bonds is 0. The van der Waals surface area contributed by atoms with Crippen molar-refractivity contribution < 1.29 is 19.1 Å². The lowest BCUT2D eigenvalue weighted by atomic mass is 9.79. The summed E-state index contributed by atoms with van der Waals surface area (Å²) in [6.07, 6.45) is 24.6. The molecule has 4 heterocycles. The van der Waals surface area contributed by atoms with Crippen LogP contribution < -0.4 is 20.9 Å². The highest BCUT2D eigenvalue weighted by Gasteiger charge is 2.56. The first kappa shape index (κ1) is 45.3. The second-order valence-corrected chi connectivity index (χ2v) is 20.9. The molecule has 4 spiro atoms. The molecule has 4 aliphatic heterocycles. The second kappa shape index (κ2) is 18.6. The summed E-state index contributed by atoms with van der Waals surface area (Å²) in [7, 11) is 3.62. The molecule has 4 aromatic rings. The smallest absolute Gasteiger partial charge is 0.222 e. The Morgan fingerprint density at radius 1 is 0.627 bits per heavy atom. The van der Waals surface area contributed by atoms with Crippen LogP contribution in [0.25, 0.3) is 0 Å². The Labute approximate surface area is 404 Å². The van der Waals surface area contributed by atoms with E-state index < -0.39 is 11.4 Å². The van der Waals surface area contributed by atoms with Gasteiger partial charge in [0.25, 0.3) is 0 Å². The monoisotopic (exact) mass is 962 g/mol. The number of halogens is 1. The van der Waals surface area contributed by atoms with Gasteiger partial charge in [0.05, 0.1) is 11.1 Å². The van der Waals surface area contributed by atoms with Crippen molar-refractivity contribution in [2.24, 2.45) is 33.3 Å². The molecular formula is C56H63BrN6O4. The summed E-state index contributed by atoms with van der Waals surface area (Å²) in [6, 6.07) is 29.7. The van der Waals surface area contributed by atoms with Crippen molar-refractivity contribution in [3.63, 3.8) is 0 Å². The number of hydroxylamine groups is 4. The Kier molecular flexibility index (Phi) is 12.6. The maximum atomic E-state index is 6.83. The summed E-state index contributed by atoms with van der Waals surface area (Å²) >= 11 is 3.57. The van der Waals surface area contributed by atoms with Crippen LogP contribution in [0.2, 0.25) is 0 Å². The zero-order valence-electron chi connectivity index (χ0n) is 39.0. The zero-order valence-corrected chi connectivity index (χ0v) is 40.6. The lowest BCUT2D eigenvalue weighted by Gasteiger charge is -2.45. The Bertz CT molecular complexity index is 2670. The SMILES string of the molecule is C#CC1CCCC1.CN1OC2(CC3(CCCc4ccccc4C3)Oc3ccc(Br)cc32)N=C1N.CN1OC2(CC3(CCCc4ccccc4C3)Oc3ccc(C#CC4CCCC4)cc32)N=C1N. The maximum Gasteiger partial charge on any atom is 0.222 e. The third-order valence-corrected chi connectivity index (χ3v) is 15.6. The molecule has 10 nitrogen and oxygen atoms in total. The Morgan fingerprint density at radius 2 is 1.10 bits per heavy atom. The summed E-state index contributed by atoms with van der Waals surface area (Å²) in [5.74, 6) is 13.2. The minimum absolute atomic E-state index is 0.359. The Hall–Kier alpha value is -5.46. The number of terminal acetylenes is 1. The van der Waals surface area contributed by atoms with E-state index in [1.807, 2.05) is 25.2 Å². The van der Waals surface area contributed by atoms with Gasteiger partial charge < -0.3 is 20.9 Å². The van der Waals surface area contributed by atoms with Gasteiger partial charge in [0.15, 0.2) is 0 Å². The number of hydrogen-bond donors (Lipinski definition) is 2. The molecule has 12 rings (SSSR count). The Balaban J connectivity index is 0.000000139. The average Bonchev–Trinajstić information content (AvgIpc) is 4.11. The molecule has 2 saturated carbocycles. The molecular weight excluding hydrogens is 901 g/mol. The second-order valence-electron chi connectivity index (χ2n) is 20.0. The molecule has 4 atom stereocenters. The third kappa shape index (κ3) is 9.28. The molecule has 0 saturated heterocycles. The van der Waals surface area contributed by atoms with Crippen LogP contribution in [0.4, 0.5) is 0 Å². The lowest BCUT2D eigenvalue weighted by Crippen LogP contribution is -2.49. The van der Waals surface area contributed by atoms with E-state index in [4.69, 9.17) is 47.0 Å². The van der Waals surface area contributed by atoms with Crippen molar-refractivity contribution in [2.45, 2.75) is 138 Å². The summed E-state index contributed by atoms with van der Waals surface area (Å²) < 4.78 is 14.5. The summed E-state index contributed by atoms with van der Waals surface area (Å²) in [5.41, 5.74) is 18.3. The van der Waals surface area contributed by atoms with Crippen LogP contribution in [0.15, 0.2) is 99.4 Å². The molecule has 4 aromatic carbocycles. The molecule has 11 heteroatoms. The molecule has 4 aliphatic carbocycles. The molecule has 2 fully saturated rings. The normalized spacial score (nSPS) is 28.1. The van der Waals surface area contributed by atoms with E-state index in [9.17, 15) is 0 Å². The van der Waals surface area contributed by atoms with E-state index in [0.29, 0.717) is 36.6 Å². The highest BCUT2D eigenvalue weighted by Crippen LogP contribution is 2.54. The maximum absolute atomic E-state index is 6.83. The number of guanidine groups is 2. The molecule has 348 valence electrons. The number of nitrogens with zero attached hydrogens (tertiary/aromatic N) is 4. The highest BCUT2D eigenvalue weighted by atomic mass is 79.9. The van der Waals surface area contributed by atoms with Gasteiger partial charge in [0.1, 0.15) is 22.7 Å². The van der Waals surface area contributed by atoms with E-state index in [0.717, 1.165) is 84.0 Å². The van der Waals surface area contributed by atoms with Gasteiger partial charge in [-0.05, 0) is 123 Å². The number of hydrogen-bond acceptors (Lipinski definition) is 10. The highest BCUT2D eigenvalue weighted by molar-refractivity contribution is 9.10. The van der Waals surface area contributed by atoms with Crippen LogP contribution in [0.1, 0.15) is 129 Å². The predicted molar refractivity (Wildman–Crippen MR) is 267 cm³/mol. The summed E-state index contributed by atoms with van der Waals surface area (Å²) in [6.45, 7) is 0. The summed E-state index contributed by atoms with van der Waals surface area (Å²) in [5, 5.41) is 3.15. The fraction of sp³-hybridized carbons (Fsp3) is 0.464. The zero-order chi connectivity index (χ0) is 46.2. The van der Waals surface area contributed by atoms with Crippen molar-refractivity contribution in [1.29, 1.82) is 0 Å². The molecule has 0 aromatic heterocycles. The van der Waals surface area contributed by atoms with Crippen molar-refractivity contribution in [2.75, 3.05) is 14.1 Å². The van der Waals surface area contributed by atoms with Gasteiger partial charge in [-0.25, -0.2) is 29.8 Å².